The molecule has 82 valence electrons. The molecule has 2 heterocycles. The van der Waals surface area contributed by atoms with Gasteiger partial charge in [0.2, 0.25) is 0 Å². The summed E-state index contributed by atoms with van der Waals surface area (Å²) in [5, 5.41) is 18.4. The van der Waals surface area contributed by atoms with Crippen LogP contribution in [0.3, 0.4) is 0 Å². The topological polar surface area (TPSA) is 86.8 Å². The third kappa shape index (κ3) is 1.68. The van der Waals surface area contributed by atoms with Crippen LogP contribution in [0.25, 0.3) is 0 Å². The van der Waals surface area contributed by atoms with Gasteiger partial charge in [-0.3, -0.25) is 0 Å². The van der Waals surface area contributed by atoms with E-state index in [-0.39, 0.29) is 11.7 Å². The SMILES string of the molecule is CCC1(O)CN(c2nc(C(=O)O)co2)C1. The third-order valence-corrected chi connectivity index (χ3v) is 2.61. The number of aromatic nitrogens is 1. The minimum Gasteiger partial charge on any atom is -0.476 e. The second kappa shape index (κ2) is 3.23. The number of aliphatic hydroxyl groups is 1. The molecule has 2 rings (SSSR count). The average molecular weight is 212 g/mol. The zero-order valence-electron chi connectivity index (χ0n) is 8.30. The lowest BCUT2D eigenvalue weighted by atomic mass is 9.92. The molecule has 1 saturated heterocycles. The van der Waals surface area contributed by atoms with E-state index in [1.54, 1.807) is 4.90 Å². The van der Waals surface area contributed by atoms with E-state index in [4.69, 9.17) is 9.52 Å². The predicted octanol–water partition coefficient (Wildman–Crippen LogP) is 0.334. The first-order valence-corrected chi connectivity index (χ1v) is 4.70. The van der Waals surface area contributed by atoms with Gasteiger partial charge in [0.1, 0.15) is 6.26 Å². The summed E-state index contributed by atoms with van der Waals surface area (Å²) in [5.74, 6) is -1.11. The van der Waals surface area contributed by atoms with Crippen molar-refractivity contribution in [2.45, 2.75) is 18.9 Å². The Balaban J connectivity index is 2.04. The lowest BCUT2D eigenvalue weighted by Gasteiger charge is -2.45. The van der Waals surface area contributed by atoms with Crippen LogP contribution in [0.5, 0.6) is 0 Å². The van der Waals surface area contributed by atoms with Gasteiger partial charge in [-0.1, -0.05) is 6.92 Å². The molecule has 1 aliphatic heterocycles. The Kier molecular flexibility index (Phi) is 2.15. The van der Waals surface area contributed by atoms with Crippen molar-refractivity contribution in [1.29, 1.82) is 0 Å². The second-order valence-electron chi connectivity index (χ2n) is 3.75. The Bertz CT molecular complexity index is 381. The van der Waals surface area contributed by atoms with Gasteiger partial charge >= 0.3 is 5.97 Å². The number of rotatable bonds is 3. The summed E-state index contributed by atoms with van der Waals surface area (Å²) in [6, 6.07) is 0.255. The molecular formula is C9H12N2O4. The largest absolute Gasteiger partial charge is 0.476 e. The molecule has 6 heteroatoms. The van der Waals surface area contributed by atoms with Gasteiger partial charge in [-0.15, -0.1) is 0 Å². The molecule has 0 unspecified atom stereocenters. The van der Waals surface area contributed by atoms with Crippen molar-refractivity contribution < 1.29 is 19.4 Å². The zero-order valence-corrected chi connectivity index (χ0v) is 8.30. The number of hydrogen-bond acceptors (Lipinski definition) is 5. The highest BCUT2D eigenvalue weighted by Gasteiger charge is 2.41. The molecule has 0 amide bonds. The molecule has 6 nitrogen and oxygen atoms in total. The fourth-order valence-corrected chi connectivity index (χ4v) is 1.53. The molecular weight excluding hydrogens is 200 g/mol. The molecule has 1 fully saturated rings. The van der Waals surface area contributed by atoms with E-state index < -0.39 is 11.6 Å². The number of carboxylic acids is 1. The van der Waals surface area contributed by atoms with Crippen LogP contribution < -0.4 is 4.90 Å². The van der Waals surface area contributed by atoms with E-state index >= 15 is 0 Å². The maximum atomic E-state index is 10.5. The van der Waals surface area contributed by atoms with Crippen LogP contribution in [0, 0.1) is 0 Å². The number of β-amino-alcohol motifs (C(OH)–C–C–N with tert-alkyl or cyclic N) is 1. The Morgan fingerprint density at radius 2 is 2.40 bits per heavy atom. The minimum absolute atomic E-state index is 0.114. The van der Waals surface area contributed by atoms with Crippen LogP contribution in [0.4, 0.5) is 6.01 Å². The predicted molar refractivity (Wildman–Crippen MR) is 50.9 cm³/mol. The number of carboxylic acid groups (broad SMARTS) is 1. The molecule has 0 spiro atoms. The summed E-state index contributed by atoms with van der Waals surface area (Å²) >= 11 is 0. The average Bonchev–Trinajstić information content (AvgIpc) is 2.61. The smallest absolute Gasteiger partial charge is 0.357 e. The highest BCUT2D eigenvalue weighted by Crippen LogP contribution is 2.28. The van der Waals surface area contributed by atoms with Gasteiger partial charge in [-0.2, -0.15) is 4.98 Å². The van der Waals surface area contributed by atoms with Crippen LogP contribution in [-0.2, 0) is 0 Å². The van der Waals surface area contributed by atoms with Crippen LogP contribution in [0.15, 0.2) is 10.7 Å². The first-order valence-electron chi connectivity index (χ1n) is 4.70. The number of carbonyl (C=O) groups is 1. The standard InChI is InChI=1S/C9H12N2O4/c1-2-9(14)4-11(5-9)8-10-6(3-15-8)7(12)13/h3,14H,2,4-5H2,1H3,(H,12,13). The van der Waals surface area contributed by atoms with Crippen LogP contribution in [-0.4, -0.2) is 39.9 Å². The number of hydrogen-bond donors (Lipinski definition) is 2. The lowest BCUT2D eigenvalue weighted by Crippen LogP contribution is -2.61. The van der Waals surface area contributed by atoms with Crippen molar-refractivity contribution in [2.24, 2.45) is 0 Å². The summed E-state index contributed by atoms with van der Waals surface area (Å²) in [4.78, 5) is 16.0. The van der Waals surface area contributed by atoms with Crippen molar-refractivity contribution in [2.75, 3.05) is 18.0 Å². The molecule has 1 aromatic heterocycles. The number of nitrogens with zero attached hydrogens (tertiary/aromatic N) is 2. The first-order chi connectivity index (χ1) is 7.04. The van der Waals surface area contributed by atoms with Crippen LogP contribution >= 0.6 is 0 Å². The highest BCUT2D eigenvalue weighted by atomic mass is 16.4. The van der Waals surface area contributed by atoms with E-state index in [9.17, 15) is 9.90 Å². The van der Waals surface area contributed by atoms with E-state index in [1.807, 2.05) is 6.92 Å². The fraction of sp³-hybridized carbons (Fsp3) is 0.556. The number of aromatic carboxylic acids is 1. The van der Waals surface area contributed by atoms with Crippen molar-refractivity contribution >= 4 is 12.0 Å². The molecule has 0 atom stereocenters. The molecule has 1 aliphatic rings. The molecule has 2 N–H and O–H groups in total. The molecule has 0 aliphatic carbocycles. The monoisotopic (exact) mass is 212 g/mol. The lowest BCUT2D eigenvalue weighted by molar-refractivity contribution is 0.00564. The Hall–Kier alpha value is -1.56. The normalized spacial score (nSPS) is 18.7. The van der Waals surface area contributed by atoms with E-state index in [2.05, 4.69) is 4.98 Å². The zero-order chi connectivity index (χ0) is 11.1. The van der Waals surface area contributed by atoms with E-state index in [0.29, 0.717) is 19.5 Å². The summed E-state index contributed by atoms with van der Waals surface area (Å²) in [6.45, 7) is 2.77. The van der Waals surface area contributed by atoms with Crippen molar-refractivity contribution in [3.8, 4) is 0 Å². The van der Waals surface area contributed by atoms with Gasteiger partial charge in [-0.05, 0) is 6.42 Å². The minimum atomic E-state index is -1.11. The molecule has 0 aromatic carbocycles. The van der Waals surface area contributed by atoms with Crippen molar-refractivity contribution in [3.63, 3.8) is 0 Å². The van der Waals surface area contributed by atoms with Crippen LogP contribution in [0.1, 0.15) is 23.8 Å². The summed E-state index contributed by atoms with van der Waals surface area (Å²) < 4.78 is 4.99. The maximum absolute atomic E-state index is 10.5. The van der Waals surface area contributed by atoms with Crippen molar-refractivity contribution in [1.82, 2.24) is 4.98 Å². The number of anilines is 1. The Morgan fingerprint density at radius 3 is 2.87 bits per heavy atom. The van der Waals surface area contributed by atoms with Gasteiger partial charge in [0.05, 0.1) is 18.7 Å². The van der Waals surface area contributed by atoms with Gasteiger partial charge in [0, 0.05) is 0 Å². The fourth-order valence-electron chi connectivity index (χ4n) is 1.53. The van der Waals surface area contributed by atoms with E-state index in [0.717, 1.165) is 6.26 Å². The first kappa shape index (κ1) is 9.97. The highest BCUT2D eigenvalue weighted by molar-refractivity contribution is 5.85. The molecule has 0 saturated carbocycles. The summed E-state index contributed by atoms with van der Waals surface area (Å²) in [6.07, 6.45) is 1.76. The number of oxazole rings is 1. The van der Waals surface area contributed by atoms with Gasteiger partial charge in [0.15, 0.2) is 5.69 Å². The Labute approximate surface area is 86.1 Å². The van der Waals surface area contributed by atoms with Crippen molar-refractivity contribution in [3.05, 3.63) is 12.0 Å². The van der Waals surface area contributed by atoms with Gasteiger partial charge in [0.25, 0.3) is 6.01 Å². The quantitative estimate of drug-likeness (QED) is 0.751. The Morgan fingerprint density at radius 1 is 1.73 bits per heavy atom. The summed E-state index contributed by atoms with van der Waals surface area (Å²) in [7, 11) is 0. The molecule has 15 heavy (non-hydrogen) atoms. The molecule has 0 radical (unpaired) electrons. The van der Waals surface area contributed by atoms with Gasteiger partial charge in [-0.25, -0.2) is 4.79 Å². The maximum Gasteiger partial charge on any atom is 0.357 e. The van der Waals surface area contributed by atoms with Gasteiger partial charge < -0.3 is 19.5 Å². The second-order valence-corrected chi connectivity index (χ2v) is 3.75. The third-order valence-electron chi connectivity index (χ3n) is 2.61. The van der Waals surface area contributed by atoms with E-state index in [1.165, 1.54) is 0 Å². The molecule has 0 bridgehead atoms. The molecule has 1 aromatic rings. The summed E-state index contributed by atoms with van der Waals surface area (Å²) in [5.41, 5.74) is -0.797. The van der Waals surface area contributed by atoms with Crippen LogP contribution in [0.2, 0.25) is 0 Å².